The first kappa shape index (κ1) is 32.8. The van der Waals surface area contributed by atoms with Crippen LogP contribution in [0.3, 0.4) is 0 Å². The standard InChI is InChI=1S/C31H41ClN2O11/c1-7-11-38-23-21(40-27-25(23)42-30(3,4)44-27)19(35)14-33-17-10-9-16(32)13-18(17)34(29(33)37)15-20(36)22-24(39-12-8-2)26-28(41-22)45-31(5,6)43-26/h7-10,13,19-28,35-36H,1-2,11-12,14-15H2,3-6H3/t19?,20?,21-,22-,23+,24+,25?,26-,27?,28-/m1/s1. The number of aromatic nitrogens is 2. The number of hydrogen-bond donors (Lipinski definition) is 2. The zero-order valence-electron chi connectivity index (χ0n) is 25.7. The van der Waals surface area contributed by atoms with E-state index in [0.29, 0.717) is 16.1 Å². The number of rotatable bonds is 12. The maximum Gasteiger partial charge on any atom is 0.329 e. The minimum atomic E-state index is -1.20. The van der Waals surface area contributed by atoms with Crippen molar-refractivity contribution >= 4 is 22.6 Å². The number of nitrogens with zero attached hydrogens (tertiary/aromatic N) is 2. The molecule has 1 aromatic heterocycles. The Labute approximate surface area is 265 Å². The summed E-state index contributed by atoms with van der Waals surface area (Å²) < 4.78 is 50.6. The van der Waals surface area contributed by atoms with E-state index in [1.165, 1.54) is 9.13 Å². The maximum absolute atomic E-state index is 14.0. The van der Waals surface area contributed by atoms with Crippen LogP contribution in [0.1, 0.15) is 27.7 Å². The summed E-state index contributed by atoms with van der Waals surface area (Å²) in [6.45, 7) is 14.6. The van der Waals surface area contributed by atoms with Crippen LogP contribution >= 0.6 is 11.6 Å². The monoisotopic (exact) mass is 652 g/mol. The van der Waals surface area contributed by atoms with Gasteiger partial charge in [-0.1, -0.05) is 23.8 Å². The van der Waals surface area contributed by atoms with Crippen molar-refractivity contribution in [1.29, 1.82) is 0 Å². The van der Waals surface area contributed by atoms with Crippen LogP contribution in [-0.2, 0) is 51.0 Å². The van der Waals surface area contributed by atoms with Gasteiger partial charge in [0.25, 0.3) is 0 Å². The molecule has 4 fully saturated rings. The lowest BCUT2D eigenvalue weighted by molar-refractivity contribution is -0.229. The molecule has 2 aromatic rings. The van der Waals surface area contributed by atoms with E-state index in [0.717, 1.165) is 0 Å². The van der Waals surface area contributed by atoms with Gasteiger partial charge in [0, 0.05) is 5.02 Å². The summed E-state index contributed by atoms with van der Waals surface area (Å²) in [7, 11) is 0. The van der Waals surface area contributed by atoms with Crippen LogP contribution in [0, 0.1) is 0 Å². The Hall–Kier alpha value is -2.14. The molecule has 0 aliphatic carbocycles. The van der Waals surface area contributed by atoms with Gasteiger partial charge in [0.1, 0.15) is 48.8 Å². The summed E-state index contributed by atoms with van der Waals surface area (Å²) in [6, 6.07) is 4.98. The Morgan fingerprint density at radius 2 is 1.31 bits per heavy atom. The lowest BCUT2D eigenvalue weighted by atomic mass is 10.1. The first-order chi connectivity index (χ1) is 21.3. The van der Waals surface area contributed by atoms with Crippen LogP contribution in [0.25, 0.3) is 11.0 Å². The number of benzene rings is 1. The zero-order chi connectivity index (χ0) is 32.3. The molecule has 4 saturated heterocycles. The number of fused-ring (bicyclic) bond motifs is 3. The van der Waals surface area contributed by atoms with Gasteiger partial charge in [-0.2, -0.15) is 0 Å². The van der Waals surface area contributed by atoms with E-state index >= 15 is 0 Å². The molecule has 0 bridgehead atoms. The normalized spacial score (nSPS) is 34.6. The zero-order valence-corrected chi connectivity index (χ0v) is 26.5. The minimum absolute atomic E-state index is 0.145. The van der Waals surface area contributed by atoms with E-state index < -0.39 is 78.7 Å². The number of aliphatic hydroxyl groups excluding tert-OH is 2. The summed E-state index contributed by atoms with van der Waals surface area (Å²) in [5, 5.41) is 23.3. The highest BCUT2D eigenvalue weighted by Crippen LogP contribution is 2.41. The van der Waals surface area contributed by atoms with Gasteiger partial charge in [-0.15, -0.1) is 13.2 Å². The fraction of sp³-hybridized carbons (Fsp3) is 0.645. The summed E-state index contributed by atoms with van der Waals surface area (Å²) in [6.07, 6.45) is -4.95. The molecule has 5 heterocycles. The van der Waals surface area contributed by atoms with Crippen LogP contribution in [-0.4, -0.2) is 106 Å². The topological polar surface area (TPSA) is 141 Å². The third kappa shape index (κ3) is 6.29. The largest absolute Gasteiger partial charge is 0.388 e. The number of imidazole rings is 1. The molecule has 0 spiro atoms. The van der Waals surface area contributed by atoms with E-state index in [-0.39, 0.29) is 26.3 Å². The number of halogens is 1. The Balaban J connectivity index is 1.25. The van der Waals surface area contributed by atoms with Gasteiger partial charge in [0.05, 0.1) is 37.3 Å². The molecule has 1 aromatic carbocycles. The molecule has 4 unspecified atom stereocenters. The SMILES string of the molecule is C=CCO[C@@H]1[C@H]2OC(C)(C)O[C@H]2O[C@@H]1C(O)Cn1c(=O)n(CC(O)[C@H]2OC3OC(C)(C)OC3[C@H]2OCC=C)c2ccc(Cl)cc21. The Morgan fingerprint density at radius 3 is 1.78 bits per heavy atom. The highest BCUT2D eigenvalue weighted by molar-refractivity contribution is 6.31. The molecule has 4 aliphatic rings. The second kappa shape index (κ2) is 12.5. The van der Waals surface area contributed by atoms with Crippen molar-refractivity contribution in [2.24, 2.45) is 0 Å². The Morgan fingerprint density at radius 1 is 0.844 bits per heavy atom. The Bertz CT molecular complexity index is 1470. The highest BCUT2D eigenvalue weighted by atomic mass is 35.5. The first-order valence-electron chi connectivity index (χ1n) is 15.0. The lowest BCUT2D eigenvalue weighted by Crippen LogP contribution is -2.46. The Kier molecular flexibility index (Phi) is 9.09. The molecule has 14 heteroatoms. The van der Waals surface area contributed by atoms with Gasteiger partial charge < -0.3 is 48.1 Å². The summed E-state index contributed by atoms with van der Waals surface area (Å²) in [5.41, 5.74) is 0.491. The molecule has 0 saturated carbocycles. The molecule has 10 atom stereocenters. The third-order valence-electron chi connectivity index (χ3n) is 8.35. The van der Waals surface area contributed by atoms with Crippen molar-refractivity contribution in [2.75, 3.05) is 13.2 Å². The molecule has 4 aliphatic heterocycles. The predicted molar refractivity (Wildman–Crippen MR) is 160 cm³/mol. The fourth-order valence-corrected chi connectivity index (χ4v) is 6.76. The van der Waals surface area contributed by atoms with Crippen molar-refractivity contribution in [3.63, 3.8) is 0 Å². The smallest absolute Gasteiger partial charge is 0.329 e. The number of aliphatic hydroxyl groups is 2. The van der Waals surface area contributed by atoms with Crippen LogP contribution in [0.2, 0.25) is 5.02 Å². The van der Waals surface area contributed by atoms with Gasteiger partial charge in [0.2, 0.25) is 0 Å². The van der Waals surface area contributed by atoms with Crippen LogP contribution in [0.4, 0.5) is 0 Å². The highest BCUT2D eigenvalue weighted by Gasteiger charge is 2.58. The predicted octanol–water partition coefficient (Wildman–Crippen LogP) is 2.07. The quantitative estimate of drug-likeness (QED) is 0.326. The molecule has 248 valence electrons. The minimum Gasteiger partial charge on any atom is -0.388 e. The van der Waals surface area contributed by atoms with Crippen LogP contribution in [0.15, 0.2) is 48.3 Å². The molecule has 6 rings (SSSR count). The van der Waals surface area contributed by atoms with Gasteiger partial charge in [-0.25, -0.2) is 4.79 Å². The third-order valence-corrected chi connectivity index (χ3v) is 8.58. The van der Waals surface area contributed by atoms with Crippen LogP contribution < -0.4 is 5.69 Å². The lowest BCUT2D eigenvalue weighted by Gasteiger charge is -2.28. The molecule has 45 heavy (non-hydrogen) atoms. The van der Waals surface area contributed by atoms with E-state index in [4.69, 9.17) is 49.5 Å². The van der Waals surface area contributed by atoms with E-state index in [1.54, 1.807) is 58.0 Å². The van der Waals surface area contributed by atoms with Gasteiger partial charge in [-0.05, 0) is 45.9 Å². The van der Waals surface area contributed by atoms with Crippen molar-refractivity contribution < 1.29 is 48.1 Å². The summed E-state index contributed by atoms with van der Waals surface area (Å²) in [4.78, 5) is 14.0. The average molecular weight is 653 g/mol. The second-order valence-corrected chi connectivity index (χ2v) is 13.0. The number of hydrogen-bond acceptors (Lipinski definition) is 11. The van der Waals surface area contributed by atoms with Crippen molar-refractivity contribution in [3.8, 4) is 0 Å². The van der Waals surface area contributed by atoms with Gasteiger partial charge >= 0.3 is 5.69 Å². The molecule has 0 amide bonds. The van der Waals surface area contributed by atoms with Gasteiger partial charge in [-0.3, -0.25) is 9.13 Å². The fourth-order valence-electron chi connectivity index (χ4n) is 6.59. The van der Waals surface area contributed by atoms with Crippen molar-refractivity contribution in [1.82, 2.24) is 9.13 Å². The second-order valence-electron chi connectivity index (χ2n) is 12.6. The number of ether oxygens (including phenoxy) is 8. The molecule has 2 N–H and O–H groups in total. The van der Waals surface area contributed by atoms with Crippen LogP contribution in [0.5, 0.6) is 0 Å². The van der Waals surface area contributed by atoms with Crippen molar-refractivity contribution in [3.05, 3.63) is 59.0 Å². The van der Waals surface area contributed by atoms with E-state index in [9.17, 15) is 15.0 Å². The van der Waals surface area contributed by atoms with E-state index in [1.807, 2.05) is 0 Å². The first-order valence-corrected chi connectivity index (χ1v) is 15.4. The molecule has 0 radical (unpaired) electrons. The van der Waals surface area contributed by atoms with Crippen molar-refractivity contribution in [2.45, 2.75) is 114 Å². The summed E-state index contributed by atoms with van der Waals surface area (Å²) >= 11 is 6.35. The molecule has 13 nitrogen and oxygen atoms in total. The van der Waals surface area contributed by atoms with E-state index in [2.05, 4.69) is 13.2 Å². The maximum atomic E-state index is 14.0. The molecular formula is C31H41ClN2O11. The molecular weight excluding hydrogens is 612 g/mol. The average Bonchev–Trinajstić information content (AvgIpc) is 3.70. The van der Waals surface area contributed by atoms with Gasteiger partial charge in [0.15, 0.2) is 24.2 Å². The summed E-state index contributed by atoms with van der Waals surface area (Å²) in [5.74, 6) is -1.76.